The summed E-state index contributed by atoms with van der Waals surface area (Å²) in [5.41, 5.74) is 1.76. The number of nitrogens with zero attached hydrogens (tertiary/aromatic N) is 3. The smallest absolute Gasteiger partial charge is 0.254 e. The average molecular weight is 476 g/mol. The van der Waals surface area contributed by atoms with Gasteiger partial charge in [-0.2, -0.15) is 4.98 Å². The fourth-order valence-electron chi connectivity index (χ4n) is 3.42. The first kappa shape index (κ1) is 23.5. The van der Waals surface area contributed by atoms with E-state index in [2.05, 4.69) is 10.1 Å². The van der Waals surface area contributed by atoms with Gasteiger partial charge in [-0.05, 0) is 45.0 Å². The lowest BCUT2D eigenvalue weighted by molar-refractivity contribution is 0.0526. The van der Waals surface area contributed by atoms with E-state index < -0.39 is 5.54 Å². The van der Waals surface area contributed by atoms with Gasteiger partial charge < -0.3 is 14.2 Å². The molecule has 0 bridgehead atoms. The molecule has 4 aromatic rings. The number of benzene rings is 3. The van der Waals surface area contributed by atoms with Crippen molar-refractivity contribution in [2.24, 2.45) is 0 Å². The van der Waals surface area contributed by atoms with Crippen molar-refractivity contribution >= 4 is 17.5 Å². The number of carbonyl (C=O) groups excluding carboxylic acids is 1. The first-order chi connectivity index (χ1) is 16.3. The Bertz CT molecular complexity index is 1270. The van der Waals surface area contributed by atoms with Gasteiger partial charge in [0.05, 0.1) is 0 Å². The maximum absolute atomic E-state index is 13.5. The molecule has 6 nitrogen and oxygen atoms in total. The first-order valence-corrected chi connectivity index (χ1v) is 11.4. The second-order valence-electron chi connectivity index (χ2n) is 8.85. The van der Waals surface area contributed by atoms with Crippen LogP contribution in [0.2, 0.25) is 5.02 Å². The van der Waals surface area contributed by atoms with Crippen LogP contribution in [0.3, 0.4) is 0 Å². The molecule has 1 aromatic heterocycles. The summed E-state index contributed by atoms with van der Waals surface area (Å²) >= 11 is 6.22. The van der Waals surface area contributed by atoms with Gasteiger partial charge in [0.25, 0.3) is 5.91 Å². The van der Waals surface area contributed by atoms with Gasteiger partial charge in [-0.1, -0.05) is 71.4 Å². The summed E-state index contributed by atoms with van der Waals surface area (Å²) in [5, 5.41) is 4.71. The highest BCUT2D eigenvalue weighted by atomic mass is 35.5. The predicted octanol–water partition coefficient (Wildman–Crippen LogP) is 6.41. The van der Waals surface area contributed by atoms with Crippen molar-refractivity contribution in [3.8, 4) is 17.1 Å². The van der Waals surface area contributed by atoms with E-state index in [-0.39, 0.29) is 12.5 Å². The van der Waals surface area contributed by atoms with Gasteiger partial charge in [0.15, 0.2) is 0 Å². The highest BCUT2D eigenvalue weighted by molar-refractivity contribution is 6.31. The molecule has 3 aromatic carbocycles. The third-order valence-corrected chi connectivity index (χ3v) is 5.65. The van der Waals surface area contributed by atoms with Crippen LogP contribution in [-0.2, 0) is 13.2 Å². The van der Waals surface area contributed by atoms with Gasteiger partial charge in [0, 0.05) is 27.3 Å². The number of rotatable bonds is 7. The summed E-state index contributed by atoms with van der Waals surface area (Å²) in [6.45, 7) is 6.41. The van der Waals surface area contributed by atoms with Gasteiger partial charge >= 0.3 is 0 Å². The lowest BCUT2D eigenvalue weighted by atomic mass is 10.0. The SMILES string of the molecule is CC(C)(C)N(Cc1nc(-c2ccccc2)no1)C(=O)c1cccc(OCc2ccccc2Cl)c1. The number of carbonyl (C=O) groups is 1. The number of ether oxygens (including phenoxy) is 1. The molecule has 0 aliphatic carbocycles. The van der Waals surface area contributed by atoms with Gasteiger partial charge in [-0.15, -0.1) is 0 Å². The number of hydrogen-bond acceptors (Lipinski definition) is 5. The van der Waals surface area contributed by atoms with Crippen LogP contribution in [0.5, 0.6) is 5.75 Å². The maximum Gasteiger partial charge on any atom is 0.254 e. The molecule has 4 rings (SSSR count). The summed E-state index contributed by atoms with van der Waals surface area (Å²) in [5.74, 6) is 1.29. The Morgan fingerprint density at radius 2 is 1.74 bits per heavy atom. The summed E-state index contributed by atoms with van der Waals surface area (Å²) in [4.78, 5) is 19.7. The van der Waals surface area contributed by atoms with E-state index in [4.69, 9.17) is 20.9 Å². The number of amides is 1. The molecule has 0 saturated carbocycles. The molecule has 0 radical (unpaired) electrons. The van der Waals surface area contributed by atoms with Crippen molar-refractivity contribution < 1.29 is 14.1 Å². The highest BCUT2D eigenvalue weighted by Crippen LogP contribution is 2.24. The maximum atomic E-state index is 13.5. The molecule has 0 saturated heterocycles. The summed E-state index contributed by atoms with van der Waals surface area (Å²) in [6, 6.07) is 24.2. The van der Waals surface area contributed by atoms with E-state index in [9.17, 15) is 4.79 Å². The molecule has 0 fully saturated rings. The first-order valence-electron chi connectivity index (χ1n) is 11.0. The third-order valence-electron chi connectivity index (χ3n) is 5.28. The molecule has 0 atom stereocenters. The standard InChI is InChI=1S/C27H26ClN3O3/c1-27(2,3)31(17-24-29-25(30-34-24)19-10-5-4-6-11-19)26(32)20-13-9-14-22(16-20)33-18-21-12-7-8-15-23(21)28/h4-16H,17-18H2,1-3H3. The molecule has 34 heavy (non-hydrogen) atoms. The predicted molar refractivity (Wildman–Crippen MR) is 132 cm³/mol. The van der Waals surface area contributed by atoms with Gasteiger partial charge in [0.2, 0.25) is 11.7 Å². The normalized spacial score (nSPS) is 11.3. The van der Waals surface area contributed by atoms with E-state index in [1.165, 1.54) is 0 Å². The van der Waals surface area contributed by atoms with Crippen LogP contribution in [0.25, 0.3) is 11.4 Å². The highest BCUT2D eigenvalue weighted by Gasteiger charge is 2.29. The van der Waals surface area contributed by atoms with E-state index in [0.29, 0.717) is 34.7 Å². The zero-order chi connectivity index (χ0) is 24.1. The lowest BCUT2D eigenvalue weighted by Crippen LogP contribution is -2.45. The van der Waals surface area contributed by atoms with E-state index in [1.54, 1.807) is 23.1 Å². The van der Waals surface area contributed by atoms with Crippen molar-refractivity contribution in [2.45, 2.75) is 39.5 Å². The number of hydrogen-bond donors (Lipinski definition) is 0. The van der Waals surface area contributed by atoms with Gasteiger partial charge in [-0.25, -0.2) is 0 Å². The Kier molecular flexibility index (Phi) is 6.98. The molecule has 1 heterocycles. The fraction of sp³-hybridized carbons (Fsp3) is 0.222. The Morgan fingerprint density at radius 3 is 2.47 bits per heavy atom. The largest absolute Gasteiger partial charge is 0.489 e. The molecular weight excluding hydrogens is 450 g/mol. The van der Waals surface area contributed by atoms with Crippen molar-refractivity contribution in [1.29, 1.82) is 0 Å². The zero-order valence-corrected chi connectivity index (χ0v) is 20.1. The summed E-state index contributed by atoms with van der Waals surface area (Å²) in [6.07, 6.45) is 0. The average Bonchev–Trinajstić information content (AvgIpc) is 3.31. The van der Waals surface area contributed by atoms with E-state index in [0.717, 1.165) is 11.1 Å². The van der Waals surface area contributed by atoms with Gasteiger partial charge in [0.1, 0.15) is 18.9 Å². The Hall–Kier alpha value is -3.64. The Morgan fingerprint density at radius 1 is 1.00 bits per heavy atom. The van der Waals surface area contributed by atoms with E-state index >= 15 is 0 Å². The van der Waals surface area contributed by atoms with Crippen molar-refractivity contribution in [1.82, 2.24) is 15.0 Å². The minimum Gasteiger partial charge on any atom is -0.489 e. The lowest BCUT2D eigenvalue weighted by Gasteiger charge is -2.34. The minimum absolute atomic E-state index is 0.157. The molecule has 0 aliphatic rings. The molecule has 0 spiro atoms. The van der Waals surface area contributed by atoms with Crippen LogP contribution in [0.15, 0.2) is 83.4 Å². The molecular formula is C27H26ClN3O3. The monoisotopic (exact) mass is 475 g/mol. The van der Waals surface area contributed by atoms with Crippen LogP contribution in [0, 0.1) is 0 Å². The van der Waals surface area contributed by atoms with Crippen molar-refractivity contribution in [3.63, 3.8) is 0 Å². The van der Waals surface area contributed by atoms with Crippen LogP contribution in [0.1, 0.15) is 42.6 Å². The number of halogens is 1. The summed E-state index contributed by atoms with van der Waals surface area (Å²) in [7, 11) is 0. The van der Waals surface area contributed by atoms with Gasteiger partial charge in [-0.3, -0.25) is 4.79 Å². The van der Waals surface area contributed by atoms with Crippen LogP contribution >= 0.6 is 11.6 Å². The van der Waals surface area contributed by atoms with Crippen molar-refractivity contribution in [2.75, 3.05) is 0 Å². The Balaban J connectivity index is 1.51. The quantitative estimate of drug-likeness (QED) is 0.309. The van der Waals surface area contributed by atoms with Crippen LogP contribution < -0.4 is 4.74 Å². The van der Waals surface area contributed by atoms with Crippen LogP contribution in [0.4, 0.5) is 0 Å². The topological polar surface area (TPSA) is 68.5 Å². The molecule has 1 amide bonds. The fourth-order valence-corrected chi connectivity index (χ4v) is 3.61. The molecule has 0 N–H and O–H groups in total. The molecule has 0 aliphatic heterocycles. The van der Waals surface area contributed by atoms with E-state index in [1.807, 2.05) is 81.4 Å². The Labute approximate surface area is 204 Å². The number of aromatic nitrogens is 2. The molecule has 7 heteroatoms. The van der Waals surface area contributed by atoms with Crippen LogP contribution in [-0.4, -0.2) is 26.5 Å². The van der Waals surface area contributed by atoms with Crippen molar-refractivity contribution in [3.05, 3.63) is 101 Å². The second-order valence-corrected chi connectivity index (χ2v) is 9.25. The summed E-state index contributed by atoms with van der Waals surface area (Å²) < 4.78 is 11.4. The zero-order valence-electron chi connectivity index (χ0n) is 19.4. The third kappa shape index (κ3) is 5.64. The second kappa shape index (κ2) is 10.1. The molecule has 174 valence electrons. The minimum atomic E-state index is -0.479. The molecule has 0 unspecified atom stereocenters.